The number of imidazole rings is 1. The summed E-state index contributed by atoms with van der Waals surface area (Å²) in [4.78, 5) is 19.1. The van der Waals surface area contributed by atoms with Crippen LogP contribution in [0.25, 0.3) is 0 Å². The van der Waals surface area contributed by atoms with Gasteiger partial charge in [0.25, 0.3) is 5.91 Å². The Bertz CT molecular complexity index is 552. The molecule has 20 heavy (non-hydrogen) atoms. The second-order valence-corrected chi connectivity index (χ2v) is 4.62. The van der Waals surface area contributed by atoms with Crippen LogP contribution in [0.15, 0.2) is 36.8 Å². The highest BCUT2D eigenvalue weighted by atomic mass is 16.5. The van der Waals surface area contributed by atoms with E-state index in [1.165, 1.54) is 0 Å². The Morgan fingerprint density at radius 3 is 3.05 bits per heavy atom. The predicted molar refractivity (Wildman–Crippen MR) is 76.8 cm³/mol. The summed E-state index contributed by atoms with van der Waals surface area (Å²) in [5.74, 6) is 0.611. The molecule has 106 valence electrons. The van der Waals surface area contributed by atoms with Crippen molar-refractivity contribution < 1.29 is 9.53 Å². The van der Waals surface area contributed by atoms with Crippen molar-refractivity contribution in [3.63, 3.8) is 0 Å². The molecule has 0 spiro atoms. The van der Waals surface area contributed by atoms with Crippen molar-refractivity contribution in [2.75, 3.05) is 6.61 Å². The summed E-state index contributed by atoms with van der Waals surface area (Å²) < 4.78 is 5.39. The molecule has 2 aromatic rings. The van der Waals surface area contributed by atoms with Crippen LogP contribution >= 0.6 is 0 Å². The van der Waals surface area contributed by atoms with Crippen molar-refractivity contribution in [2.45, 2.75) is 26.3 Å². The lowest BCUT2D eigenvalue weighted by atomic mass is 10.1. The number of H-pyrrole nitrogens is 1. The quantitative estimate of drug-likeness (QED) is 0.847. The van der Waals surface area contributed by atoms with Crippen LogP contribution in [0.2, 0.25) is 0 Å². The molecule has 0 unspecified atom stereocenters. The molecule has 0 aliphatic carbocycles. The minimum Gasteiger partial charge on any atom is -0.494 e. The zero-order valence-electron chi connectivity index (χ0n) is 11.7. The fourth-order valence-electron chi connectivity index (χ4n) is 1.98. The van der Waals surface area contributed by atoms with Gasteiger partial charge >= 0.3 is 0 Å². The molecule has 0 bridgehead atoms. The highest BCUT2D eigenvalue weighted by Crippen LogP contribution is 2.13. The van der Waals surface area contributed by atoms with Gasteiger partial charge in [-0.05, 0) is 32.0 Å². The van der Waals surface area contributed by atoms with Gasteiger partial charge in [-0.15, -0.1) is 0 Å². The average Bonchev–Trinajstić information content (AvgIpc) is 2.92. The minimum absolute atomic E-state index is 0.0266. The highest BCUT2D eigenvalue weighted by Gasteiger charge is 2.11. The molecule has 0 aliphatic rings. The van der Waals surface area contributed by atoms with Crippen molar-refractivity contribution in [1.29, 1.82) is 0 Å². The van der Waals surface area contributed by atoms with Gasteiger partial charge in [-0.25, -0.2) is 4.98 Å². The van der Waals surface area contributed by atoms with E-state index in [1.807, 2.05) is 26.0 Å². The van der Waals surface area contributed by atoms with Crippen molar-refractivity contribution >= 4 is 5.91 Å². The summed E-state index contributed by atoms with van der Waals surface area (Å²) in [6.45, 7) is 4.46. The third kappa shape index (κ3) is 3.85. The molecule has 1 atom stereocenters. The molecule has 1 aromatic carbocycles. The average molecular weight is 273 g/mol. The number of amides is 1. The van der Waals surface area contributed by atoms with Crippen molar-refractivity contribution in [3.05, 3.63) is 48.0 Å². The van der Waals surface area contributed by atoms with Gasteiger partial charge in [-0.1, -0.05) is 6.07 Å². The van der Waals surface area contributed by atoms with Crippen LogP contribution in [-0.4, -0.2) is 28.5 Å². The lowest BCUT2D eigenvalue weighted by Crippen LogP contribution is -2.34. The maximum atomic E-state index is 12.1. The van der Waals surface area contributed by atoms with Crippen LogP contribution in [0.1, 0.15) is 29.9 Å². The van der Waals surface area contributed by atoms with Crippen LogP contribution in [0.3, 0.4) is 0 Å². The lowest BCUT2D eigenvalue weighted by molar-refractivity contribution is 0.0939. The van der Waals surface area contributed by atoms with E-state index in [1.54, 1.807) is 24.7 Å². The molecule has 0 saturated heterocycles. The molecule has 1 heterocycles. The number of aromatic nitrogens is 2. The second-order valence-electron chi connectivity index (χ2n) is 4.62. The Morgan fingerprint density at radius 1 is 1.50 bits per heavy atom. The van der Waals surface area contributed by atoms with Gasteiger partial charge in [0.15, 0.2) is 0 Å². The highest BCUT2D eigenvalue weighted by molar-refractivity contribution is 5.94. The number of nitrogens with one attached hydrogen (secondary N) is 2. The van der Waals surface area contributed by atoms with E-state index in [2.05, 4.69) is 15.3 Å². The smallest absolute Gasteiger partial charge is 0.251 e. The molecular formula is C15H19N3O2. The number of benzene rings is 1. The number of hydrogen-bond donors (Lipinski definition) is 2. The zero-order valence-corrected chi connectivity index (χ0v) is 11.7. The van der Waals surface area contributed by atoms with E-state index >= 15 is 0 Å². The summed E-state index contributed by atoms with van der Waals surface area (Å²) in [5, 5.41) is 2.96. The molecule has 0 fully saturated rings. The van der Waals surface area contributed by atoms with Crippen molar-refractivity contribution in [2.24, 2.45) is 0 Å². The molecule has 0 radical (unpaired) electrons. The number of carbonyl (C=O) groups excluding carboxylic acids is 1. The third-order valence-electron chi connectivity index (χ3n) is 2.87. The standard InChI is InChI=1S/C15H19N3O2/c1-3-20-14-6-4-5-12(8-14)15(19)18-11(2)7-13-9-16-10-17-13/h4-6,8-11H,3,7H2,1-2H3,(H,16,17)(H,18,19)/t11-/m1/s1. The van der Waals surface area contributed by atoms with E-state index in [0.717, 1.165) is 12.1 Å². The van der Waals surface area contributed by atoms with Gasteiger partial charge in [-0.3, -0.25) is 4.79 Å². The van der Waals surface area contributed by atoms with Gasteiger partial charge in [0, 0.05) is 29.9 Å². The van der Waals surface area contributed by atoms with E-state index in [0.29, 0.717) is 17.9 Å². The number of ether oxygens (including phenoxy) is 1. The first-order valence-corrected chi connectivity index (χ1v) is 6.70. The maximum absolute atomic E-state index is 12.1. The van der Waals surface area contributed by atoms with Gasteiger partial charge in [0.05, 0.1) is 12.9 Å². The van der Waals surface area contributed by atoms with Crippen LogP contribution in [-0.2, 0) is 6.42 Å². The van der Waals surface area contributed by atoms with Gasteiger partial charge in [0.1, 0.15) is 5.75 Å². The molecule has 2 N–H and O–H groups in total. The molecular weight excluding hydrogens is 254 g/mol. The number of nitrogens with zero attached hydrogens (tertiary/aromatic N) is 1. The van der Waals surface area contributed by atoms with Gasteiger partial charge in [-0.2, -0.15) is 0 Å². The van der Waals surface area contributed by atoms with Crippen LogP contribution < -0.4 is 10.1 Å². The maximum Gasteiger partial charge on any atom is 0.251 e. The van der Waals surface area contributed by atoms with Crippen molar-refractivity contribution in [1.82, 2.24) is 15.3 Å². The Morgan fingerprint density at radius 2 is 2.35 bits per heavy atom. The monoisotopic (exact) mass is 273 g/mol. The van der Waals surface area contributed by atoms with Gasteiger partial charge in [0.2, 0.25) is 0 Å². The summed E-state index contributed by atoms with van der Waals surface area (Å²) in [7, 11) is 0. The normalized spacial score (nSPS) is 11.9. The summed E-state index contributed by atoms with van der Waals surface area (Å²) >= 11 is 0. The fourth-order valence-corrected chi connectivity index (χ4v) is 1.98. The lowest BCUT2D eigenvalue weighted by Gasteiger charge is -2.13. The molecule has 2 rings (SSSR count). The van der Waals surface area contributed by atoms with Crippen molar-refractivity contribution in [3.8, 4) is 5.75 Å². The Labute approximate surface area is 118 Å². The van der Waals surface area contributed by atoms with E-state index in [4.69, 9.17) is 4.74 Å². The Balaban J connectivity index is 1.95. The predicted octanol–water partition coefficient (Wildman–Crippen LogP) is 2.17. The first kappa shape index (κ1) is 14.1. The Kier molecular flexibility index (Phi) is 4.76. The Hall–Kier alpha value is -2.30. The second kappa shape index (κ2) is 6.75. The van der Waals surface area contributed by atoms with Gasteiger partial charge < -0.3 is 15.0 Å². The van der Waals surface area contributed by atoms with Crippen LogP contribution in [0, 0.1) is 0 Å². The summed E-state index contributed by atoms with van der Waals surface area (Å²) in [6, 6.07) is 7.22. The summed E-state index contributed by atoms with van der Waals surface area (Å²) in [6.07, 6.45) is 4.12. The van der Waals surface area contributed by atoms with Crippen LogP contribution in [0.5, 0.6) is 5.75 Å². The SMILES string of the molecule is CCOc1cccc(C(=O)N[C@H](C)Cc2cnc[nH]2)c1. The number of aromatic amines is 1. The van der Waals surface area contributed by atoms with E-state index in [-0.39, 0.29) is 11.9 Å². The van der Waals surface area contributed by atoms with E-state index < -0.39 is 0 Å². The number of carbonyl (C=O) groups is 1. The molecule has 1 aromatic heterocycles. The zero-order chi connectivity index (χ0) is 14.4. The first-order chi connectivity index (χ1) is 9.69. The number of hydrogen-bond acceptors (Lipinski definition) is 3. The minimum atomic E-state index is -0.0985. The molecule has 1 amide bonds. The first-order valence-electron chi connectivity index (χ1n) is 6.70. The largest absolute Gasteiger partial charge is 0.494 e. The fraction of sp³-hybridized carbons (Fsp3) is 0.333. The molecule has 0 saturated carbocycles. The topological polar surface area (TPSA) is 67.0 Å². The summed E-state index contributed by atoms with van der Waals surface area (Å²) in [5.41, 5.74) is 1.60. The molecule has 0 aliphatic heterocycles. The third-order valence-corrected chi connectivity index (χ3v) is 2.87. The van der Waals surface area contributed by atoms with Crippen LogP contribution in [0.4, 0.5) is 0 Å². The molecule has 5 nitrogen and oxygen atoms in total. The number of rotatable bonds is 6. The van der Waals surface area contributed by atoms with E-state index in [9.17, 15) is 4.79 Å². The molecule has 5 heteroatoms.